The third-order valence-electron chi connectivity index (χ3n) is 12.5. The molecule has 1 atom stereocenters. The lowest BCUT2D eigenvalue weighted by Crippen LogP contribution is -2.14. The zero-order chi connectivity index (χ0) is 37.3. The standard InChI is InChI=1S/C52H37N3O/c1-30-20-21-32-27-34(23-22-31(32)26-30)48-38-14-5-9-17-44(38)53-51(54-48)55-45-18-10-6-15-39(45)47-40(29-41-37-13-7-11-19-46(37)56-50(41)49(47)55)33-24-25-36-35-12-4-8-16-42(35)52(2,3)43(36)28-33/h4-25,27-30H,26H2,1-3H3. The van der Waals surface area contributed by atoms with E-state index in [2.05, 4.69) is 171 Å². The summed E-state index contributed by atoms with van der Waals surface area (Å²) in [7, 11) is 0. The number of benzene rings is 7. The summed E-state index contributed by atoms with van der Waals surface area (Å²) in [6.45, 7) is 6.98. The van der Waals surface area contributed by atoms with Crippen LogP contribution in [0.5, 0.6) is 0 Å². The Labute approximate surface area is 324 Å². The Balaban J connectivity index is 1.19. The number of para-hydroxylation sites is 3. The highest BCUT2D eigenvalue weighted by Gasteiger charge is 2.35. The Bertz CT molecular complexity index is 3340. The lowest BCUT2D eigenvalue weighted by molar-refractivity contribution is 0.660. The third-order valence-corrected chi connectivity index (χ3v) is 12.5. The first-order valence-corrected chi connectivity index (χ1v) is 19.6. The summed E-state index contributed by atoms with van der Waals surface area (Å²) in [6.07, 6.45) is 5.63. The molecule has 7 aromatic carbocycles. The van der Waals surface area contributed by atoms with E-state index in [1.807, 2.05) is 6.07 Å². The molecule has 1 unspecified atom stereocenters. The van der Waals surface area contributed by atoms with E-state index in [4.69, 9.17) is 14.4 Å². The van der Waals surface area contributed by atoms with Crippen molar-refractivity contribution in [2.75, 3.05) is 0 Å². The zero-order valence-corrected chi connectivity index (χ0v) is 31.5. The van der Waals surface area contributed by atoms with Crippen LogP contribution in [0, 0.1) is 5.92 Å². The van der Waals surface area contributed by atoms with Crippen molar-refractivity contribution >= 4 is 60.7 Å². The maximum Gasteiger partial charge on any atom is 0.235 e. The molecule has 56 heavy (non-hydrogen) atoms. The van der Waals surface area contributed by atoms with Gasteiger partial charge in [0.1, 0.15) is 11.1 Å². The van der Waals surface area contributed by atoms with Crippen molar-refractivity contribution in [1.29, 1.82) is 0 Å². The number of fused-ring (bicyclic) bond motifs is 12. The van der Waals surface area contributed by atoms with Gasteiger partial charge >= 0.3 is 0 Å². The fourth-order valence-corrected chi connectivity index (χ4v) is 9.79. The third kappa shape index (κ3) is 4.35. The van der Waals surface area contributed by atoms with Crippen molar-refractivity contribution < 1.29 is 4.42 Å². The maximum atomic E-state index is 6.89. The summed E-state index contributed by atoms with van der Waals surface area (Å²) in [5.74, 6) is 1.16. The van der Waals surface area contributed by atoms with Crippen molar-refractivity contribution in [3.8, 4) is 39.5 Å². The smallest absolute Gasteiger partial charge is 0.235 e. The average molecular weight is 720 g/mol. The van der Waals surface area contributed by atoms with E-state index in [1.54, 1.807) is 0 Å². The second kappa shape index (κ2) is 11.4. The Hall–Kier alpha value is -6.78. The summed E-state index contributed by atoms with van der Waals surface area (Å²) in [5, 5.41) is 5.46. The van der Waals surface area contributed by atoms with E-state index < -0.39 is 0 Å². The van der Waals surface area contributed by atoms with Gasteiger partial charge in [-0.15, -0.1) is 0 Å². The molecule has 0 saturated heterocycles. The average Bonchev–Trinajstić information content (AvgIpc) is 3.86. The molecule has 10 aromatic rings. The summed E-state index contributed by atoms with van der Waals surface area (Å²) < 4.78 is 9.14. The fourth-order valence-electron chi connectivity index (χ4n) is 9.79. The Kier molecular flexibility index (Phi) is 6.41. The first-order chi connectivity index (χ1) is 27.4. The van der Waals surface area contributed by atoms with E-state index in [0.717, 1.165) is 72.3 Å². The molecule has 0 bridgehead atoms. The number of rotatable bonds is 3. The van der Waals surface area contributed by atoms with Crippen molar-refractivity contribution in [3.63, 3.8) is 0 Å². The minimum absolute atomic E-state index is 0.123. The minimum atomic E-state index is -0.123. The van der Waals surface area contributed by atoms with Gasteiger partial charge in [-0.25, -0.2) is 9.97 Å². The molecule has 0 fully saturated rings. The molecule has 0 N–H and O–H groups in total. The van der Waals surface area contributed by atoms with Gasteiger partial charge in [0.25, 0.3) is 0 Å². The normalized spacial score (nSPS) is 15.6. The van der Waals surface area contributed by atoms with E-state index in [0.29, 0.717) is 11.9 Å². The number of allylic oxidation sites excluding steroid dienone is 1. The monoisotopic (exact) mass is 719 g/mol. The van der Waals surface area contributed by atoms with E-state index in [-0.39, 0.29) is 5.41 Å². The lowest BCUT2D eigenvalue weighted by Gasteiger charge is -2.22. The highest BCUT2D eigenvalue weighted by atomic mass is 16.3. The van der Waals surface area contributed by atoms with Crippen LogP contribution < -0.4 is 0 Å². The van der Waals surface area contributed by atoms with Crippen LogP contribution in [-0.2, 0) is 11.8 Å². The van der Waals surface area contributed by atoms with Crippen LogP contribution >= 0.6 is 0 Å². The van der Waals surface area contributed by atoms with E-state index >= 15 is 0 Å². The SMILES string of the molecule is CC1C=Cc2cc(-c3nc(-n4c5ccccc5c5c(-c6ccc7c(c6)C(C)(C)c6ccccc6-7)cc6c7ccccc7oc6c54)nc4ccccc34)ccc2C1. The molecule has 2 aliphatic carbocycles. The second-order valence-corrected chi connectivity index (χ2v) is 16.2. The second-order valence-electron chi connectivity index (χ2n) is 16.2. The molecule has 4 heteroatoms. The molecular weight excluding hydrogens is 683 g/mol. The number of furan rings is 1. The van der Waals surface area contributed by atoms with Crippen LogP contribution in [0.25, 0.3) is 100 Å². The molecule has 4 nitrogen and oxygen atoms in total. The van der Waals surface area contributed by atoms with Crippen LogP contribution in [0.15, 0.2) is 150 Å². The molecule has 0 radical (unpaired) electrons. The number of nitrogens with zero attached hydrogens (tertiary/aromatic N) is 3. The van der Waals surface area contributed by atoms with Crippen molar-refractivity contribution in [2.24, 2.45) is 5.92 Å². The van der Waals surface area contributed by atoms with E-state index in [1.165, 1.54) is 44.5 Å². The lowest BCUT2D eigenvalue weighted by atomic mass is 9.81. The largest absolute Gasteiger partial charge is 0.454 e. The van der Waals surface area contributed by atoms with Crippen molar-refractivity contribution in [1.82, 2.24) is 14.5 Å². The van der Waals surface area contributed by atoms with Gasteiger partial charge in [0.2, 0.25) is 5.95 Å². The molecule has 0 saturated carbocycles. The molecule has 2 aliphatic rings. The number of aromatic nitrogens is 3. The van der Waals surface area contributed by atoms with Gasteiger partial charge in [-0.2, -0.15) is 0 Å². The molecule has 266 valence electrons. The van der Waals surface area contributed by atoms with Crippen LogP contribution in [0.3, 0.4) is 0 Å². The van der Waals surface area contributed by atoms with Gasteiger partial charge in [0.15, 0.2) is 5.58 Å². The zero-order valence-electron chi connectivity index (χ0n) is 31.5. The summed E-state index contributed by atoms with van der Waals surface area (Å²) in [6, 6.07) is 50.5. The summed E-state index contributed by atoms with van der Waals surface area (Å²) in [5.41, 5.74) is 16.8. The molecule has 3 heterocycles. The molecule has 3 aromatic heterocycles. The predicted molar refractivity (Wildman–Crippen MR) is 231 cm³/mol. The Morgan fingerprint density at radius 2 is 1.39 bits per heavy atom. The first kappa shape index (κ1) is 31.6. The van der Waals surface area contributed by atoms with Gasteiger partial charge in [-0.1, -0.05) is 136 Å². The maximum absolute atomic E-state index is 6.89. The molecule has 0 aliphatic heterocycles. The molecule has 0 amide bonds. The van der Waals surface area contributed by atoms with E-state index in [9.17, 15) is 0 Å². The van der Waals surface area contributed by atoms with Crippen LogP contribution in [0.2, 0.25) is 0 Å². The van der Waals surface area contributed by atoms with Gasteiger partial charge in [0, 0.05) is 37.9 Å². The topological polar surface area (TPSA) is 43.9 Å². The quantitative estimate of drug-likeness (QED) is 0.183. The van der Waals surface area contributed by atoms with Gasteiger partial charge in [-0.3, -0.25) is 4.57 Å². The van der Waals surface area contributed by atoms with Crippen LogP contribution in [0.4, 0.5) is 0 Å². The van der Waals surface area contributed by atoms with Crippen molar-refractivity contribution in [2.45, 2.75) is 32.6 Å². The molecular formula is C52H37N3O. The van der Waals surface area contributed by atoms with Gasteiger partial charge in [-0.05, 0) is 93.2 Å². The fraction of sp³-hybridized carbons (Fsp3) is 0.115. The number of hydrogen-bond acceptors (Lipinski definition) is 3. The highest BCUT2D eigenvalue weighted by Crippen LogP contribution is 2.51. The predicted octanol–water partition coefficient (Wildman–Crippen LogP) is 13.5. The van der Waals surface area contributed by atoms with Crippen LogP contribution in [-0.4, -0.2) is 14.5 Å². The molecule has 0 spiro atoms. The first-order valence-electron chi connectivity index (χ1n) is 19.6. The Morgan fingerprint density at radius 3 is 2.30 bits per heavy atom. The summed E-state index contributed by atoms with van der Waals surface area (Å²) in [4.78, 5) is 10.9. The minimum Gasteiger partial charge on any atom is -0.454 e. The van der Waals surface area contributed by atoms with Crippen LogP contribution in [0.1, 0.15) is 43.0 Å². The Morgan fingerprint density at radius 1 is 0.643 bits per heavy atom. The highest BCUT2D eigenvalue weighted by molar-refractivity contribution is 6.26. The van der Waals surface area contributed by atoms with Crippen molar-refractivity contribution in [3.05, 3.63) is 168 Å². The summed E-state index contributed by atoms with van der Waals surface area (Å²) >= 11 is 0. The molecule has 12 rings (SSSR count). The van der Waals surface area contributed by atoms with Gasteiger partial charge < -0.3 is 4.42 Å². The van der Waals surface area contributed by atoms with Gasteiger partial charge in [0.05, 0.1) is 16.7 Å². The number of hydrogen-bond donors (Lipinski definition) is 0.